The Morgan fingerprint density at radius 1 is 1.11 bits per heavy atom. The minimum Gasteiger partial charge on any atom is -0.359 e. The Hall–Kier alpha value is -1.16. The Labute approximate surface area is 112 Å². The number of hydrogen-bond acceptors (Lipinski definition) is 1. The first-order chi connectivity index (χ1) is 8.74. The molecule has 0 bridgehead atoms. The van der Waals surface area contributed by atoms with Gasteiger partial charge >= 0.3 is 0 Å². The average molecular weight is 264 g/mol. The van der Waals surface area contributed by atoms with E-state index in [0.29, 0.717) is 11.2 Å². The van der Waals surface area contributed by atoms with Crippen molar-refractivity contribution in [2.24, 2.45) is 11.8 Å². The molecule has 2 atom stereocenters. The fraction of sp³-hybridized carbons (Fsp3) is 0.500. The summed E-state index contributed by atoms with van der Waals surface area (Å²) in [6.07, 6.45) is 5.39. The predicted octanol–water partition coefficient (Wildman–Crippen LogP) is 3.30. The third-order valence-electron chi connectivity index (χ3n) is 4.06. The summed E-state index contributed by atoms with van der Waals surface area (Å²) in [5.41, 5.74) is 0.831. The van der Waals surface area contributed by atoms with Gasteiger partial charge < -0.3 is 10.6 Å². The Morgan fingerprint density at radius 3 is 2.33 bits per heavy atom. The number of benzene rings is 1. The SMILES string of the molecule is Fc1ccc(NC(=S)NC2C3CCCCC32)cc1. The van der Waals surface area contributed by atoms with Crippen LogP contribution in [0.5, 0.6) is 0 Å². The van der Waals surface area contributed by atoms with Crippen molar-refractivity contribution in [2.45, 2.75) is 31.7 Å². The van der Waals surface area contributed by atoms with Crippen LogP contribution in [-0.4, -0.2) is 11.2 Å². The molecule has 0 heterocycles. The van der Waals surface area contributed by atoms with Crippen LogP contribution in [0.3, 0.4) is 0 Å². The zero-order valence-corrected chi connectivity index (χ0v) is 11.0. The lowest BCUT2D eigenvalue weighted by molar-refractivity contribution is 0.480. The highest BCUT2D eigenvalue weighted by molar-refractivity contribution is 7.80. The number of hydrogen-bond donors (Lipinski definition) is 2. The van der Waals surface area contributed by atoms with Crippen LogP contribution in [0, 0.1) is 17.7 Å². The molecule has 2 nitrogen and oxygen atoms in total. The summed E-state index contributed by atoms with van der Waals surface area (Å²) in [7, 11) is 0. The third kappa shape index (κ3) is 2.48. The van der Waals surface area contributed by atoms with Crippen LogP contribution in [0.4, 0.5) is 10.1 Å². The zero-order chi connectivity index (χ0) is 12.5. The normalized spacial score (nSPS) is 29.3. The molecule has 2 aliphatic carbocycles. The van der Waals surface area contributed by atoms with Gasteiger partial charge in [0, 0.05) is 11.7 Å². The summed E-state index contributed by atoms with van der Waals surface area (Å²) >= 11 is 5.29. The van der Waals surface area contributed by atoms with Crippen LogP contribution >= 0.6 is 12.2 Å². The molecule has 2 fully saturated rings. The second-order valence-corrected chi connectivity index (χ2v) is 5.65. The summed E-state index contributed by atoms with van der Waals surface area (Å²) < 4.78 is 12.8. The van der Waals surface area contributed by atoms with Crippen molar-refractivity contribution < 1.29 is 4.39 Å². The smallest absolute Gasteiger partial charge is 0.171 e. The predicted molar refractivity (Wildman–Crippen MR) is 75.0 cm³/mol. The summed E-state index contributed by atoms with van der Waals surface area (Å²) in [6.45, 7) is 0. The molecule has 2 aliphatic rings. The Bertz CT molecular complexity index is 434. The molecule has 18 heavy (non-hydrogen) atoms. The largest absolute Gasteiger partial charge is 0.359 e. The molecule has 0 aliphatic heterocycles. The van der Waals surface area contributed by atoms with E-state index in [-0.39, 0.29) is 5.82 Å². The van der Waals surface area contributed by atoms with Crippen LogP contribution in [0.15, 0.2) is 24.3 Å². The molecule has 0 amide bonds. The van der Waals surface area contributed by atoms with E-state index < -0.39 is 0 Å². The summed E-state index contributed by atoms with van der Waals surface area (Å²) in [5, 5.41) is 7.14. The summed E-state index contributed by atoms with van der Waals surface area (Å²) in [5.74, 6) is 1.42. The van der Waals surface area contributed by atoms with Gasteiger partial charge in [0.2, 0.25) is 0 Å². The number of fused-ring (bicyclic) bond motifs is 1. The topological polar surface area (TPSA) is 24.1 Å². The number of anilines is 1. The van der Waals surface area contributed by atoms with E-state index in [1.165, 1.54) is 37.8 Å². The van der Waals surface area contributed by atoms with Gasteiger partial charge in [-0.15, -0.1) is 0 Å². The van der Waals surface area contributed by atoms with E-state index in [9.17, 15) is 4.39 Å². The maximum absolute atomic E-state index is 12.8. The van der Waals surface area contributed by atoms with E-state index in [4.69, 9.17) is 12.2 Å². The number of thiocarbonyl (C=S) groups is 1. The molecule has 0 radical (unpaired) electrons. The van der Waals surface area contributed by atoms with Crippen molar-refractivity contribution in [2.75, 3.05) is 5.32 Å². The van der Waals surface area contributed by atoms with Gasteiger partial charge in [0.15, 0.2) is 5.11 Å². The van der Waals surface area contributed by atoms with Crippen molar-refractivity contribution in [3.8, 4) is 0 Å². The molecule has 2 unspecified atom stereocenters. The van der Waals surface area contributed by atoms with E-state index in [2.05, 4.69) is 10.6 Å². The van der Waals surface area contributed by atoms with Gasteiger partial charge in [0.05, 0.1) is 0 Å². The monoisotopic (exact) mass is 264 g/mol. The lowest BCUT2D eigenvalue weighted by Gasteiger charge is -2.10. The maximum Gasteiger partial charge on any atom is 0.171 e. The van der Waals surface area contributed by atoms with Crippen LogP contribution in [-0.2, 0) is 0 Å². The Balaban J connectivity index is 1.52. The fourth-order valence-electron chi connectivity index (χ4n) is 3.06. The van der Waals surface area contributed by atoms with Gasteiger partial charge in [-0.05, 0) is 61.2 Å². The second-order valence-electron chi connectivity index (χ2n) is 5.24. The van der Waals surface area contributed by atoms with Crippen molar-refractivity contribution in [3.63, 3.8) is 0 Å². The quantitative estimate of drug-likeness (QED) is 0.801. The van der Waals surface area contributed by atoms with Crippen LogP contribution in [0.25, 0.3) is 0 Å². The highest BCUT2D eigenvalue weighted by Gasteiger charge is 2.50. The third-order valence-corrected chi connectivity index (χ3v) is 4.28. The van der Waals surface area contributed by atoms with Gasteiger partial charge in [0.1, 0.15) is 5.82 Å². The fourth-order valence-corrected chi connectivity index (χ4v) is 3.31. The Kier molecular flexibility index (Phi) is 3.20. The van der Waals surface area contributed by atoms with Gasteiger partial charge in [-0.25, -0.2) is 4.39 Å². The van der Waals surface area contributed by atoms with E-state index in [1.807, 2.05) is 0 Å². The zero-order valence-electron chi connectivity index (χ0n) is 10.2. The number of halogens is 1. The first-order valence-electron chi connectivity index (χ1n) is 6.57. The molecule has 0 spiro atoms. The lowest BCUT2D eigenvalue weighted by atomic mass is 10.0. The minimum atomic E-state index is -0.229. The standard InChI is InChI=1S/C14H17FN2S/c15-9-5-7-10(8-6-9)16-14(18)17-13-11-3-1-2-4-12(11)13/h5-8,11-13H,1-4H2,(H2,16,17,18). The van der Waals surface area contributed by atoms with Crippen molar-refractivity contribution >= 4 is 23.0 Å². The molecule has 1 aromatic carbocycles. The lowest BCUT2D eigenvalue weighted by Crippen LogP contribution is -2.31. The van der Waals surface area contributed by atoms with Crippen molar-refractivity contribution in [1.29, 1.82) is 0 Å². The van der Waals surface area contributed by atoms with Crippen LogP contribution < -0.4 is 10.6 Å². The number of nitrogens with one attached hydrogen (secondary N) is 2. The van der Waals surface area contributed by atoms with E-state index >= 15 is 0 Å². The summed E-state index contributed by atoms with van der Waals surface area (Å²) in [6, 6.07) is 6.82. The molecular formula is C14H17FN2S. The van der Waals surface area contributed by atoms with Gasteiger partial charge in [-0.3, -0.25) is 0 Å². The Morgan fingerprint density at radius 2 is 1.72 bits per heavy atom. The van der Waals surface area contributed by atoms with Crippen molar-refractivity contribution in [3.05, 3.63) is 30.1 Å². The molecule has 0 saturated heterocycles. The molecular weight excluding hydrogens is 247 g/mol. The minimum absolute atomic E-state index is 0.229. The molecule has 3 rings (SSSR count). The molecule has 0 aromatic heterocycles. The first kappa shape index (κ1) is 11.9. The number of rotatable bonds is 2. The molecule has 2 saturated carbocycles. The summed E-state index contributed by atoms with van der Waals surface area (Å²) in [4.78, 5) is 0. The maximum atomic E-state index is 12.8. The second kappa shape index (κ2) is 4.84. The average Bonchev–Trinajstić information content (AvgIpc) is 3.06. The van der Waals surface area contributed by atoms with Gasteiger partial charge in [0.25, 0.3) is 0 Å². The molecule has 96 valence electrons. The highest BCUT2D eigenvalue weighted by Crippen LogP contribution is 2.49. The van der Waals surface area contributed by atoms with E-state index in [1.54, 1.807) is 12.1 Å². The van der Waals surface area contributed by atoms with Gasteiger partial charge in [-0.1, -0.05) is 12.8 Å². The highest BCUT2D eigenvalue weighted by atomic mass is 32.1. The van der Waals surface area contributed by atoms with Crippen LogP contribution in [0.2, 0.25) is 0 Å². The molecule has 1 aromatic rings. The van der Waals surface area contributed by atoms with Crippen molar-refractivity contribution in [1.82, 2.24) is 5.32 Å². The molecule has 4 heteroatoms. The molecule has 2 N–H and O–H groups in total. The first-order valence-corrected chi connectivity index (χ1v) is 6.98. The van der Waals surface area contributed by atoms with E-state index in [0.717, 1.165) is 17.5 Å². The van der Waals surface area contributed by atoms with Crippen LogP contribution in [0.1, 0.15) is 25.7 Å². The van der Waals surface area contributed by atoms with Gasteiger partial charge in [-0.2, -0.15) is 0 Å².